The van der Waals surface area contributed by atoms with E-state index in [2.05, 4.69) is 51.6 Å². The van der Waals surface area contributed by atoms with Crippen LogP contribution in [-0.2, 0) is 38.0 Å². The van der Waals surface area contributed by atoms with Gasteiger partial charge in [-0.1, -0.05) is 85.4 Å². The molecule has 0 saturated heterocycles. The van der Waals surface area contributed by atoms with E-state index < -0.39 is 23.5 Å². The van der Waals surface area contributed by atoms with Crippen molar-refractivity contribution in [1.82, 2.24) is 5.32 Å². The van der Waals surface area contributed by atoms with Crippen LogP contribution in [0.2, 0.25) is 0 Å². The Morgan fingerprint density at radius 2 is 1.06 bits per heavy atom. The number of aldehydes is 1. The molecule has 9 nitrogen and oxygen atoms in total. The van der Waals surface area contributed by atoms with E-state index in [-0.39, 0.29) is 71.1 Å². The van der Waals surface area contributed by atoms with Gasteiger partial charge in [-0.2, -0.15) is 26.3 Å². The largest absolute Gasteiger partial charge is 0.490 e. The minimum absolute atomic E-state index is 0. The molecule has 70 heavy (non-hydrogen) atoms. The van der Waals surface area contributed by atoms with Gasteiger partial charge in [0.25, 0.3) is 0 Å². The zero-order chi connectivity index (χ0) is 51.2. The maximum absolute atomic E-state index is 14.1. The van der Waals surface area contributed by atoms with E-state index in [0.29, 0.717) is 73.7 Å². The predicted octanol–water partition coefficient (Wildman–Crippen LogP) is 14.1. The number of rotatable bonds is 14. The highest BCUT2D eigenvalue weighted by molar-refractivity contribution is 5.93. The monoisotopic (exact) mass is 991 g/mol. The summed E-state index contributed by atoms with van der Waals surface area (Å²) in [5, 5.41) is 4.24. The Hall–Kier alpha value is -4.89. The Kier molecular flexibility index (Phi) is 22.5. The summed E-state index contributed by atoms with van der Waals surface area (Å²) < 4.78 is 105. The summed E-state index contributed by atoms with van der Waals surface area (Å²) in [6.45, 7) is 18.8. The van der Waals surface area contributed by atoms with Crippen LogP contribution in [-0.4, -0.2) is 56.7 Å². The molecule has 4 aromatic rings. The first-order valence-electron chi connectivity index (χ1n) is 24.2. The second kappa shape index (κ2) is 26.5. The minimum atomic E-state index is -4.53. The van der Waals surface area contributed by atoms with Crippen LogP contribution in [0, 0.1) is 22.7 Å². The summed E-state index contributed by atoms with van der Waals surface area (Å²) in [5.74, 6) is 0.443. The SMILES string of the molecule is C.CC(C)(C)C1CCC(Oc2ccc3cc(C=O)ccc3c2C(F)(F)F)CC1.CCOC(=O)CCN.CCOC(=O)CCNCc1ccc2c(C(F)(F)F)c(OC3CCC(C(C)(C)C)CC3)ccc2c1. The molecule has 0 atom stereocenters. The quantitative estimate of drug-likeness (QED) is 0.0549. The molecule has 3 N–H and O–H groups in total. The normalized spacial score (nSPS) is 18.6. The molecule has 0 aromatic heterocycles. The van der Waals surface area contributed by atoms with Gasteiger partial charge in [0.15, 0.2) is 0 Å². The molecule has 0 radical (unpaired) electrons. The fraction of sp³-hybridized carbons (Fsp3) is 0.582. The number of fused-ring (bicyclic) bond motifs is 2. The summed E-state index contributed by atoms with van der Waals surface area (Å²) in [5.41, 5.74) is 5.21. The Morgan fingerprint density at radius 1 is 0.629 bits per heavy atom. The number of esters is 2. The lowest BCUT2D eigenvalue weighted by Gasteiger charge is -2.37. The lowest BCUT2D eigenvalue weighted by molar-refractivity contribution is -0.143. The maximum Gasteiger partial charge on any atom is 0.420 e. The fourth-order valence-electron chi connectivity index (χ4n) is 9.11. The third kappa shape index (κ3) is 17.8. The third-order valence-electron chi connectivity index (χ3n) is 12.9. The van der Waals surface area contributed by atoms with Crippen LogP contribution in [0.15, 0.2) is 60.7 Å². The number of carbonyl (C=O) groups is 3. The van der Waals surface area contributed by atoms with Crippen LogP contribution in [0.1, 0.15) is 154 Å². The van der Waals surface area contributed by atoms with Crippen molar-refractivity contribution in [2.45, 2.75) is 158 Å². The van der Waals surface area contributed by atoms with E-state index in [1.165, 1.54) is 36.4 Å². The molecule has 390 valence electrons. The van der Waals surface area contributed by atoms with E-state index in [1.807, 2.05) is 0 Å². The smallest absolute Gasteiger partial charge is 0.420 e. The zero-order valence-corrected chi connectivity index (χ0v) is 41.5. The number of ether oxygens (including phenoxy) is 4. The number of halogens is 6. The highest BCUT2D eigenvalue weighted by atomic mass is 19.4. The average molecular weight is 991 g/mol. The topological polar surface area (TPSA) is 126 Å². The van der Waals surface area contributed by atoms with Gasteiger partial charge >= 0.3 is 24.3 Å². The van der Waals surface area contributed by atoms with Gasteiger partial charge in [0.2, 0.25) is 0 Å². The highest BCUT2D eigenvalue weighted by Crippen LogP contribution is 2.46. The number of carbonyl (C=O) groups excluding carboxylic acids is 3. The number of hydrogen-bond donors (Lipinski definition) is 2. The van der Waals surface area contributed by atoms with Crippen LogP contribution in [0.25, 0.3) is 21.5 Å². The van der Waals surface area contributed by atoms with Gasteiger partial charge in [-0.05, 0) is 139 Å². The van der Waals surface area contributed by atoms with Crippen molar-refractivity contribution in [3.63, 3.8) is 0 Å². The van der Waals surface area contributed by atoms with Crippen molar-refractivity contribution >= 4 is 39.8 Å². The molecule has 0 aliphatic heterocycles. The number of nitrogens with two attached hydrogens (primary N) is 1. The Labute approximate surface area is 410 Å². The Bertz CT molecular complexity index is 2280. The molecule has 0 unspecified atom stereocenters. The average Bonchev–Trinajstić information content (AvgIpc) is 3.27. The molecule has 0 spiro atoms. The van der Waals surface area contributed by atoms with Gasteiger partial charge in [0, 0.05) is 25.2 Å². The lowest BCUT2D eigenvalue weighted by atomic mass is 9.72. The van der Waals surface area contributed by atoms with Crippen LogP contribution in [0.3, 0.4) is 0 Å². The number of nitrogens with one attached hydrogen (secondary N) is 1. The van der Waals surface area contributed by atoms with Gasteiger partial charge in [0.1, 0.15) is 28.9 Å². The standard InChI is InChI=1S/C27H36F3NO3.C22H25F3O2.C5H11NO2.CH4/c1-5-33-24(32)14-15-31-17-18-6-12-22-19(16-18)7-13-23(25(22)27(28,29)30)34-21-10-8-20(9-11-21)26(2,3)4;1-21(2,3)16-6-8-17(9-7-16)27-19-11-5-15-12-14(13-26)4-10-18(15)20(19)22(23,24)25;1-2-8-5(7)3-4-6;/h6-7,12-13,16,20-21,31H,5,8-11,14-15,17H2,1-4H3;4-5,10-13,16-17H,6-9H2,1-3H3;2-4,6H2,1H3;1H4. The molecule has 6 rings (SSSR count). The summed E-state index contributed by atoms with van der Waals surface area (Å²) in [4.78, 5) is 32.7. The molecule has 4 aromatic carbocycles. The van der Waals surface area contributed by atoms with Crippen molar-refractivity contribution in [3.8, 4) is 11.5 Å². The molecular formula is C55H76F6N2O7. The van der Waals surface area contributed by atoms with Crippen LogP contribution in [0.5, 0.6) is 11.5 Å². The lowest BCUT2D eigenvalue weighted by Crippen LogP contribution is -2.31. The molecular weight excluding hydrogens is 915 g/mol. The van der Waals surface area contributed by atoms with E-state index in [9.17, 15) is 40.7 Å². The van der Waals surface area contributed by atoms with E-state index in [1.54, 1.807) is 38.1 Å². The van der Waals surface area contributed by atoms with E-state index in [4.69, 9.17) is 19.9 Å². The summed E-state index contributed by atoms with van der Waals surface area (Å²) >= 11 is 0. The Morgan fingerprint density at radius 3 is 1.46 bits per heavy atom. The first-order valence-corrected chi connectivity index (χ1v) is 24.2. The van der Waals surface area contributed by atoms with Crippen molar-refractivity contribution in [2.24, 2.45) is 28.4 Å². The van der Waals surface area contributed by atoms with Crippen molar-refractivity contribution in [1.29, 1.82) is 0 Å². The number of alkyl halides is 6. The van der Waals surface area contributed by atoms with Gasteiger partial charge in [-0.3, -0.25) is 14.4 Å². The van der Waals surface area contributed by atoms with Crippen LogP contribution < -0.4 is 20.5 Å². The van der Waals surface area contributed by atoms with Crippen molar-refractivity contribution in [3.05, 3.63) is 82.9 Å². The number of hydrogen-bond acceptors (Lipinski definition) is 9. The van der Waals surface area contributed by atoms with Gasteiger partial charge in [0.05, 0.1) is 38.3 Å². The molecule has 0 heterocycles. The first-order chi connectivity index (χ1) is 32.4. The zero-order valence-electron chi connectivity index (χ0n) is 41.5. The maximum atomic E-state index is 14.1. The highest BCUT2D eigenvalue weighted by Gasteiger charge is 2.40. The van der Waals surface area contributed by atoms with Gasteiger partial charge in [-0.25, -0.2) is 0 Å². The molecule has 2 aliphatic rings. The summed E-state index contributed by atoms with van der Waals surface area (Å²) in [7, 11) is 0. The summed E-state index contributed by atoms with van der Waals surface area (Å²) in [6.07, 6.45) is -1.29. The number of benzene rings is 4. The second-order valence-electron chi connectivity index (χ2n) is 20.0. The van der Waals surface area contributed by atoms with Gasteiger partial charge < -0.3 is 30.0 Å². The van der Waals surface area contributed by atoms with Crippen molar-refractivity contribution in [2.75, 3.05) is 26.3 Å². The summed E-state index contributed by atoms with van der Waals surface area (Å²) in [6, 6.07) is 15.3. The predicted molar refractivity (Wildman–Crippen MR) is 265 cm³/mol. The molecule has 0 bridgehead atoms. The first kappa shape index (κ1) is 59.4. The van der Waals surface area contributed by atoms with E-state index in [0.717, 1.165) is 56.9 Å². The molecule has 0 amide bonds. The van der Waals surface area contributed by atoms with Crippen molar-refractivity contribution < 1.29 is 59.7 Å². The molecule has 15 heteroatoms. The molecule has 2 saturated carbocycles. The van der Waals surface area contributed by atoms with Crippen LogP contribution in [0.4, 0.5) is 26.3 Å². The minimum Gasteiger partial charge on any atom is -0.490 e. The fourth-order valence-corrected chi connectivity index (χ4v) is 9.11. The van der Waals surface area contributed by atoms with E-state index >= 15 is 0 Å². The van der Waals surface area contributed by atoms with Gasteiger partial charge in [-0.15, -0.1) is 0 Å². The molecule has 2 aliphatic carbocycles. The van der Waals surface area contributed by atoms with Crippen LogP contribution >= 0.6 is 0 Å². The second-order valence-corrected chi connectivity index (χ2v) is 20.0. The molecule has 2 fully saturated rings. The third-order valence-corrected chi connectivity index (χ3v) is 12.9. The Balaban J connectivity index is 0.000000322.